The minimum absolute atomic E-state index is 0.169. The summed E-state index contributed by atoms with van der Waals surface area (Å²) in [4.78, 5) is 2.08. The summed E-state index contributed by atoms with van der Waals surface area (Å²) < 4.78 is 12.6. The second kappa shape index (κ2) is 3.46. The zero-order chi connectivity index (χ0) is 9.26. The summed E-state index contributed by atoms with van der Waals surface area (Å²) >= 11 is 0. The van der Waals surface area contributed by atoms with Crippen LogP contribution in [-0.4, -0.2) is 11.4 Å². The molecule has 0 aromatic heterocycles. The summed E-state index contributed by atoms with van der Waals surface area (Å²) in [7, 11) is 3.96. The Balaban J connectivity index is 2.20. The van der Waals surface area contributed by atoms with Crippen LogP contribution in [0.2, 0.25) is 0 Å². The molecule has 1 aliphatic rings. The number of rotatable bonds is 1. The molecular formula is C11H13FN-. The van der Waals surface area contributed by atoms with E-state index in [1.54, 1.807) is 0 Å². The molecule has 0 amide bonds. The highest BCUT2D eigenvalue weighted by atomic mass is 19.1. The maximum absolute atomic E-state index is 12.6. The van der Waals surface area contributed by atoms with E-state index in [-0.39, 0.29) is 5.82 Å². The molecule has 0 spiro atoms. The number of nitrogens with zero attached hydrogens (tertiary/aromatic N) is 1. The van der Waals surface area contributed by atoms with Crippen LogP contribution in [0, 0.1) is 12.9 Å². The predicted molar refractivity (Wildman–Crippen MR) is 50.4 cm³/mol. The summed E-state index contributed by atoms with van der Waals surface area (Å²) in [6.45, 7) is 1.04. The lowest BCUT2D eigenvalue weighted by Gasteiger charge is -2.27. The van der Waals surface area contributed by atoms with Crippen molar-refractivity contribution in [2.75, 3.05) is 6.54 Å². The highest BCUT2D eigenvalue weighted by Crippen LogP contribution is 2.30. The molecule has 1 saturated heterocycles. The van der Waals surface area contributed by atoms with Crippen molar-refractivity contribution in [3.05, 3.63) is 42.7 Å². The van der Waals surface area contributed by atoms with Crippen LogP contribution in [0.4, 0.5) is 4.39 Å². The summed E-state index contributed by atoms with van der Waals surface area (Å²) in [5.74, 6) is -0.169. The molecule has 1 atom stereocenters. The fraction of sp³-hybridized carbons (Fsp3) is 0.364. The lowest BCUT2D eigenvalue weighted by molar-refractivity contribution is 0.352. The van der Waals surface area contributed by atoms with Crippen molar-refractivity contribution in [3.63, 3.8) is 0 Å². The van der Waals surface area contributed by atoms with Gasteiger partial charge in [-0.2, -0.15) is 0 Å². The highest BCUT2D eigenvalue weighted by molar-refractivity contribution is 5.20. The minimum atomic E-state index is -0.169. The second-order valence-corrected chi connectivity index (χ2v) is 3.52. The quantitative estimate of drug-likeness (QED) is 0.598. The van der Waals surface area contributed by atoms with Gasteiger partial charge < -0.3 is 4.90 Å². The van der Waals surface area contributed by atoms with Crippen LogP contribution in [0.5, 0.6) is 0 Å². The maximum atomic E-state index is 12.6. The van der Waals surface area contributed by atoms with Crippen molar-refractivity contribution in [1.82, 2.24) is 4.90 Å². The van der Waals surface area contributed by atoms with Gasteiger partial charge in [0.2, 0.25) is 0 Å². The lowest BCUT2D eigenvalue weighted by Crippen LogP contribution is -2.14. The number of hydrogen-bond donors (Lipinski definition) is 0. The standard InChI is InChI=1S/C11H13FN/c1-13-8-2-3-11(13)9-4-6-10(12)7-5-9/h4-7,11H,1-3,8H2/q-1. The third-order valence-electron chi connectivity index (χ3n) is 2.62. The molecule has 0 bridgehead atoms. The van der Waals surface area contributed by atoms with Gasteiger partial charge in [0.1, 0.15) is 5.82 Å². The molecule has 1 nitrogen and oxygen atoms in total. The molecule has 1 aliphatic heterocycles. The molecular weight excluding hydrogens is 165 g/mol. The van der Waals surface area contributed by atoms with Crippen molar-refractivity contribution < 1.29 is 4.39 Å². The first kappa shape index (κ1) is 8.70. The van der Waals surface area contributed by atoms with E-state index in [1.165, 1.54) is 24.1 Å². The van der Waals surface area contributed by atoms with E-state index in [0.717, 1.165) is 13.0 Å². The molecule has 1 aromatic carbocycles. The van der Waals surface area contributed by atoms with Gasteiger partial charge in [0.15, 0.2) is 0 Å². The van der Waals surface area contributed by atoms with Gasteiger partial charge >= 0.3 is 0 Å². The largest absolute Gasteiger partial charge is 0.453 e. The van der Waals surface area contributed by atoms with Crippen molar-refractivity contribution in [2.24, 2.45) is 0 Å². The van der Waals surface area contributed by atoms with Crippen LogP contribution in [-0.2, 0) is 0 Å². The molecule has 0 saturated carbocycles. The molecule has 1 heterocycles. The molecule has 2 rings (SSSR count). The zero-order valence-electron chi connectivity index (χ0n) is 7.54. The van der Waals surface area contributed by atoms with E-state index in [1.807, 2.05) is 12.1 Å². The van der Waals surface area contributed by atoms with Crippen LogP contribution < -0.4 is 0 Å². The van der Waals surface area contributed by atoms with Crippen LogP contribution >= 0.6 is 0 Å². The van der Waals surface area contributed by atoms with E-state index in [9.17, 15) is 4.39 Å². The first-order valence-electron chi connectivity index (χ1n) is 4.60. The van der Waals surface area contributed by atoms with E-state index < -0.39 is 0 Å². The molecule has 1 fully saturated rings. The summed E-state index contributed by atoms with van der Waals surface area (Å²) in [6, 6.07) is 7.12. The smallest absolute Gasteiger partial charge is 0.123 e. The normalized spacial score (nSPS) is 23.7. The molecule has 0 aliphatic carbocycles. The van der Waals surface area contributed by atoms with Crippen molar-refractivity contribution >= 4 is 0 Å². The number of hydrogen-bond acceptors (Lipinski definition) is 1. The Bertz CT molecular complexity index is 281. The Morgan fingerprint density at radius 3 is 2.54 bits per heavy atom. The third kappa shape index (κ3) is 1.73. The molecule has 70 valence electrons. The van der Waals surface area contributed by atoms with Crippen LogP contribution in [0.1, 0.15) is 24.4 Å². The summed E-state index contributed by atoms with van der Waals surface area (Å²) in [5, 5.41) is 0. The number of benzene rings is 1. The van der Waals surface area contributed by atoms with Gasteiger partial charge in [0, 0.05) is 6.04 Å². The molecule has 0 radical (unpaired) electrons. The summed E-state index contributed by atoms with van der Waals surface area (Å²) in [5.41, 5.74) is 1.17. The Labute approximate surface area is 78.2 Å². The van der Waals surface area contributed by atoms with Gasteiger partial charge in [-0.15, -0.1) is 0 Å². The van der Waals surface area contributed by atoms with Crippen molar-refractivity contribution in [2.45, 2.75) is 18.9 Å². The van der Waals surface area contributed by atoms with Gasteiger partial charge in [0.25, 0.3) is 0 Å². The van der Waals surface area contributed by atoms with E-state index in [0.29, 0.717) is 6.04 Å². The fourth-order valence-corrected chi connectivity index (χ4v) is 1.89. The van der Waals surface area contributed by atoms with E-state index in [2.05, 4.69) is 11.9 Å². The molecule has 0 N–H and O–H groups in total. The van der Waals surface area contributed by atoms with Gasteiger partial charge in [-0.25, -0.2) is 4.39 Å². The summed E-state index contributed by atoms with van der Waals surface area (Å²) in [6.07, 6.45) is 2.32. The Kier molecular flexibility index (Phi) is 2.32. The second-order valence-electron chi connectivity index (χ2n) is 3.52. The van der Waals surface area contributed by atoms with Gasteiger partial charge in [-0.1, -0.05) is 12.1 Å². The van der Waals surface area contributed by atoms with Gasteiger partial charge in [-0.05, 0) is 37.1 Å². The molecule has 1 unspecified atom stereocenters. The van der Waals surface area contributed by atoms with E-state index in [4.69, 9.17) is 0 Å². The first-order valence-corrected chi connectivity index (χ1v) is 4.60. The predicted octanol–water partition coefficient (Wildman–Crippen LogP) is 2.75. The van der Waals surface area contributed by atoms with Crippen LogP contribution in [0.15, 0.2) is 24.3 Å². The average Bonchev–Trinajstić information content (AvgIpc) is 2.53. The monoisotopic (exact) mass is 178 g/mol. The molecule has 13 heavy (non-hydrogen) atoms. The number of likely N-dealkylation sites (tertiary alicyclic amines) is 1. The third-order valence-corrected chi connectivity index (χ3v) is 2.62. The maximum Gasteiger partial charge on any atom is 0.123 e. The minimum Gasteiger partial charge on any atom is -0.453 e. The van der Waals surface area contributed by atoms with Gasteiger partial charge in [0.05, 0.1) is 0 Å². The highest BCUT2D eigenvalue weighted by Gasteiger charge is 2.17. The number of halogens is 1. The average molecular weight is 178 g/mol. The van der Waals surface area contributed by atoms with E-state index >= 15 is 0 Å². The lowest BCUT2D eigenvalue weighted by atomic mass is 10.1. The Morgan fingerprint density at radius 2 is 2.00 bits per heavy atom. The first-order chi connectivity index (χ1) is 6.27. The van der Waals surface area contributed by atoms with Crippen molar-refractivity contribution in [3.8, 4) is 0 Å². The Morgan fingerprint density at radius 1 is 1.31 bits per heavy atom. The topological polar surface area (TPSA) is 3.24 Å². The Hall–Kier alpha value is -0.890. The molecule has 2 heteroatoms. The SMILES string of the molecule is [CH2-]N1CCCC1c1ccc(F)cc1. The van der Waals surface area contributed by atoms with Crippen molar-refractivity contribution in [1.29, 1.82) is 0 Å². The van der Waals surface area contributed by atoms with Gasteiger partial charge in [-0.3, -0.25) is 7.05 Å². The van der Waals surface area contributed by atoms with Crippen LogP contribution in [0.3, 0.4) is 0 Å². The zero-order valence-corrected chi connectivity index (χ0v) is 7.54. The van der Waals surface area contributed by atoms with Crippen LogP contribution in [0.25, 0.3) is 0 Å². The fourth-order valence-electron chi connectivity index (χ4n) is 1.89. The molecule has 1 aromatic rings.